The highest BCUT2D eigenvalue weighted by molar-refractivity contribution is 14.1. The van der Waals surface area contributed by atoms with Gasteiger partial charge in [0.1, 0.15) is 0 Å². The molecule has 0 aromatic carbocycles. The van der Waals surface area contributed by atoms with E-state index in [0.717, 1.165) is 13.0 Å². The predicted octanol–water partition coefficient (Wildman–Crippen LogP) is 2.94. The van der Waals surface area contributed by atoms with Gasteiger partial charge in [0.2, 0.25) is 0 Å². The Kier molecular flexibility index (Phi) is 4.34. The summed E-state index contributed by atoms with van der Waals surface area (Å²) in [6.45, 7) is 0.944. The molecule has 2 fully saturated rings. The number of hydrogen-bond donors (Lipinski definition) is 0. The van der Waals surface area contributed by atoms with Crippen molar-refractivity contribution in [2.75, 3.05) is 20.1 Å². The second-order valence-corrected chi connectivity index (χ2v) is 7.86. The molecule has 0 aromatic heterocycles. The number of piperidine rings is 1. The molecule has 0 saturated carbocycles. The summed E-state index contributed by atoms with van der Waals surface area (Å²) in [5, 5.41) is 0. The van der Waals surface area contributed by atoms with E-state index in [9.17, 15) is 8.78 Å². The fourth-order valence-corrected chi connectivity index (χ4v) is 4.52. The van der Waals surface area contributed by atoms with Gasteiger partial charge in [0.05, 0.1) is 6.54 Å². The van der Waals surface area contributed by atoms with Crippen LogP contribution in [0.15, 0.2) is 0 Å². The molecule has 0 aromatic rings. The van der Waals surface area contributed by atoms with Gasteiger partial charge in [0, 0.05) is 45.3 Å². The average molecular weight is 456 g/mol. The lowest BCUT2D eigenvalue weighted by atomic mass is 9.94. The van der Waals surface area contributed by atoms with Crippen molar-refractivity contribution < 1.29 is 8.78 Å². The summed E-state index contributed by atoms with van der Waals surface area (Å²) in [7, 11) is 2.06. The third-order valence-electron chi connectivity index (χ3n) is 3.55. The minimum atomic E-state index is -2.50. The van der Waals surface area contributed by atoms with Crippen molar-refractivity contribution in [1.82, 2.24) is 8.01 Å². The minimum absolute atomic E-state index is 0.0122. The maximum absolute atomic E-state index is 13.4. The molecule has 0 aliphatic carbocycles. The van der Waals surface area contributed by atoms with Gasteiger partial charge in [-0.05, 0) is 26.4 Å². The molecule has 0 spiro atoms. The summed E-state index contributed by atoms with van der Waals surface area (Å²) in [5.74, 6) is -2.50. The van der Waals surface area contributed by atoms with E-state index < -0.39 is 5.92 Å². The summed E-state index contributed by atoms with van der Waals surface area (Å²) < 4.78 is 29.2. The fraction of sp³-hybridized carbons (Fsp3) is 1.00. The van der Waals surface area contributed by atoms with Gasteiger partial charge in [-0.3, -0.25) is 0 Å². The van der Waals surface area contributed by atoms with E-state index in [2.05, 4.69) is 57.4 Å². The van der Waals surface area contributed by atoms with Gasteiger partial charge in [-0.1, -0.05) is 22.6 Å². The number of rotatable bonds is 1. The Balaban J connectivity index is 2.06. The first kappa shape index (κ1) is 13.7. The van der Waals surface area contributed by atoms with Crippen molar-refractivity contribution in [3.8, 4) is 0 Å². The first-order valence-corrected chi connectivity index (χ1v) is 7.75. The van der Waals surface area contributed by atoms with Crippen molar-refractivity contribution in [1.29, 1.82) is 0 Å². The van der Waals surface area contributed by atoms with Gasteiger partial charge < -0.3 is 4.90 Å². The second-order valence-electron chi connectivity index (χ2n) is 4.85. The molecule has 0 radical (unpaired) electrons. The number of halogens is 4. The molecule has 0 N–H and O–H groups in total. The molecule has 2 aliphatic heterocycles. The molecule has 3 unspecified atom stereocenters. The Morgan fingerprint density at radius 2 is 2.00 bits per heavy atom. The van der Waals surface area contributed by atoms with Crippen LogP contribution >= 0.6 is 45.5 Å². The molecule has 2 saturated heterocycles. The maximum atomic E-state index is 13.4. The minimum Gasteiger partial charge on any atom is -0.302 e. The van der Waals surface area contributed by atoms with E-state index in [1.54, 1.807) is 0 Å². The quantitative estimate of drug-likeness (QED) is 0.341. The van der Waals surface area contributed by atoms with Gasteiger partial charge >= 0.3 is 0 Å². The zero-order valence-corrected chi connectivity index (χ0v) is 13.5. The maximum Gasteiger partial charge on any atom is 0.262 e. The van der Waals surface area contributed by atoms with Crippen molar-refractivity contribution in [2.45, 2.75) is 41.2 Å². The smallest absolute Gasteiger partial charge is 0.262 e. The molecule has 2 heterocycles. The monoisotopic (exact) mass is 456 g/mol. The highest BCUT2D eigenvalue weighted by Gasteiger charge is 2.48. The van der Waals surface area contributed by atoms with Gasteiger partial charge in [0.25, 0.3) is 5.92 Å². The first-order valence-electron chi connectivity index (χ1n) is 5.53. The molecular formula is C10H16F2I2N2. The van der Waals surface area contributed by atoms with Gasteiger partial charge in [-0.2, -0.15) is 0 Å². The summed E-state index contributed by atoms with van der Waals surface area (Å²) in [4.78, 5) is 2.26. The average Bonchev–Trinajstić information content (AvgIpc) is 2.44. The zero-order chi connectivity index (χ0) is 11.9. The molecule has 2 aliphatic rings. The van der Waals surface area contributed by atoms with Crippen LogP contribution in [-0.4, -0.2) is 50.1 Å². The normalized spacial score (nSPS) is 41.4. The summed E-state index contributed by atoms with van der Waals surface area (Å²) in [6.07, 6.45) is 2.24. The van der Waals surface area contributed by atoms with Crippen LogP contribution in [0.1, 0.15) is 19.3 Å². The SMILES string of the molecule is CN1CCC(I)CC1C1CC(F)(F)CN1I. The molecule has 3 atom stereocenters. The van der Waals surface area contributed by atoms with Crippen LogP contribution in [0, 0.1) is 0 Å². The highest BCUT2D eigenvalue weighted by atomic mass is 127. The van der Waals surface area contributed by atoms with Crippen LogP contribution < -0.4 is 0 Å². The number of alkyl halides is 3. The lowest BCUT2D eigenvalue weighted by Gasteiger charge is -2.40. The topological polar surface area (TPSA) is 6.48 Å². The number of nitrogens with zero attached hydrogens (tertiary/aromatic N) is 2. The molecule has 2 nitrogen and oxygen atoms in total. The standard InChI is InChI=1S/C10H16F2I2N2/c1-15-3-2-7(13)4-8(15)9-5-10(11,12)6-16(9)14/h7-9H,2-6H2,1H3. The predicted molar refractivity (Wildman–Crippen MR) is 77.5 cm³/mol. The van der Waals surface area contributed by atoms with Crippen LogP contribution in [-0.2, 0) is 0 Å². The molecule has 94 valence electrons. The molecule has 0 amide bonds. The van der Waals surface area contributed by atoms with Gasteiger partial charge in [-0.25, -0.2) is 11.9 Å². The van der Waals surface area contributed by atoms with Crippen molar-refractivity contribution in [2.24, 2.45) is 0 Å². The number of likely N-dealkylation sites (N-methyl/N-ethyl adjacent to an activating group) is 1. The van der Waals surface area contributed by atoms with E-state index in [-0.39, 0.29) is 19.0 Å². The van der Waals surface area contributed by atoms with E-state index in [4.69, 9.17) is 0 Å². The summed E-state index contributed by atoms with van der Waals surface area (Å²) in [5.41, 5.74) is 0. The largest absolute Gasteiger partial charge is 0.302 e. The Labute approximate surface area is 123 Å². The van der Waals surface area contributed by atoms with Crippen LogP contribution in [0.5, 0.6) is 0 Å². The highest BCUT2D eigenvalue weighted by Crippen LogP contribution is 2.39. The summed E-state index contributed by atoms with van der Waals surface area (Å²) in [6, 6.07) is 0.305. The Hall–Kier alpha value is 1.24. The number of hydrogen-bond acceptors (Lipinski definition) is 2. The van der Waals surface area contributed by atoms with E-state index in [1.165, 1.54) is 6.42 Å². The fourth-order valence-electron chi connectivity index (χ4n) is 2.65. The molecule has 2 rings (SSSR count). The van der Waals surface area contributed by atoms with Crippen LogP contribution in [0.4, 0.5) is 8.78 Å². The van der Waals surface area contributed by atoms with Crippen molar-refractivity contribution in [3.05, 3.63) is 0 Å². The van der Waals surface area contributed by atoms with Crippen molar-refractivity contribution in [3.63, 3.8) is 0 Å². The van der Waals surface area contributed by atoms with E-state index in [1.807, 2.05) is 3.11 Å². The van der Waals surface area contributed by atoms with Gasteiger partial charge in [-0.15, -0.1) is 0 Å². The van der Waals surface area contributed by atoms with Crippen LogP contribution in [0.2, 0.25) is 0 Å². The van der Waals surface area contributed by atoms with E-state index >= 15 is 0 Å². The molecule has 6 heteroatoms. The Morgan fingerprint density at radius 3 is 2.56 bits per heavy atom. The first-order chi connectivity index (χ1) is 7.39. The lowest BCUT2D eigenvalue weighted by molar-refractivity contribution is 0.0154. The van der Waals surface area contributed by atoms with Gasteiger partial charge in [0.15, 0.2) is 0 Å². The molecular weight excluding hydrogens is 440 g/mol. The molecule has 0 bridgehead atoms. The molecule has 16 heavy (non-hydrogen) atoms. The van der Waals surface area contributed by atoms with Crippen LogP contribution in [0.25, 0.3) is 0 Å². The third kappa shape index (κ3) is 2.97. The lowest BCUT2D eigenvalue weighted by Crippen LogP contribution is -2.49. The number of likely N-dealkylation sites (tertiary alicyclic amines) is 1. The zero-order valence-electron chi connectivity index (χ0n) is 9.17. The van der Waals surface area contributed by atoms with Crippen LogP contribution in [0.3, 0.4) is 0 Å². The second kappa shape index (κ2) is 5.08. The van der Waals surface area contributed by atoms with Crippen molar-refractivity contribution >= 4 is 45.5 Å². The Morgan fingerprint density at radius 1 is 1.31 bits per heavy atom. The van der Waals surface area contributed by atoms with E-state index in [0.29, 0.717) is 9.97 Å². The Bertz CT molecular complexity index is 265. The summed E-state index contributed by atoms with van der Waals surface area (Å²) >= 11 is 4.51. The third-order valence-corrected chi connectivity index (χ3v) is 5.74.